The molecular weight excluding hydrogens is 432 g/mol. The number of hydrogen-bond donors (Lipinski definition) is 2. The van der Waals surface area contributed by atoms with E-state index in [2.05, 4.69) is 25.2 Å². The maximum Gasteiger partial charge on any atom is 0.261 e. The minimum absolute atomic E-state index is 0.0268. The van der Waals surface area contributed by atoms with Crippen molar-refractivity contribution < 1.29 is 9.53 Å². The Balaban J connectivity index is 1.38. The summed E-state index contributed by atoms with van der Waals surface area (Å²) < 4.78 is 7.10. The molecule has 0 spiro atoms. The summed E-state index contributed by atoms with van der Waals surface area (Å²) in [6, 6.07) is 11.6. The van der Waals surface area contributed by atoms with Crippen LogP contribution in [0.25, 0.3) is 33.1 Å². The van der Waals surface area contributed by atoms with E-state index in [1.807, 2.05) is 36.4 Å². The monoisotopic (exact) mass is 460 g/mol. The van der Waals surface area contributed by atoms with E-state index in [0.717, 1.165) is 61.4 Å². The SMILES string of the molecule is CCC(=O)Nc1nc2ccc(-c3ccc4ncn(CCCN5CCOCC5)c(=O)c4c3)cc2[nH]1. The van der Waals surface area contributed by atoms with Crippen LogP contribution in [0.15, 0.2) is 47.5 Å². The molecule has 0 aliphatic carbocycles. The highest BCUT2D eigenvalue weighted by Gasteiger charge is 2.12. The van der Waals surface area contributed by atoms with E-state index in [9.17, 15) is 9.59 Å². The van der Waals surface area contributed by atoms with Gasteiger partial charge in [-0.25, -0.2) is 9.97 Å². The molecule has 1 fully saturated rings. The zero-order valence-electron chi connectivity index (χ0n) is 19.2. The minimum atomic E-state index is -0.0949. The number of aromatic nitrogens is 4. The van der Waals surface area contributed by atoms with Crippen LogP contribution in [-0.2, 0) is 16.1 Å². The second-order valence-electron chi connectivity index (χ2n) is 8.50. The number of amides is 1. The summed E-state index contributed by atoms with van der Waals surface area (Å²) >= 11 is 0. The number of aromatic amines is 1. The molecule has 9 nitrogen and oxygen atoms in total. The van der Waals surface area contributed by atoms with E-state index >= 15 is 0 Å². The number of aryl methyl sites for hydroxylation is 1. The molecule has 2 aromatic heterocycles. The van der Waals surface area contributed by atoms with E-state index in [1.165, 1.54) is 0 Å². The third-order valence-corrected chi connectivity index (χ3v) is 6.20. The first-order valence-electron chi connectivity index (χ1n) is 11.7. The number of nitrogens with zero attached hydrogens (tertiary/aromatic N) is 4. The molecule has 1 saturated heterocycles. The maximum atomic E-state index is 13.2. The van der Waals surface area contributed by atoms with E-state index in [0.29, 0.717) is 29.8 Å². The van der Waals surface area contributed by atoms with Gasteiger partial charge in [0, 0.05) is 32.6 Å². The Bertz CT molecular complexity index is 1390. The Labute approximate surface area is 196 Å². The highest BCUT2D eigenvalue weighted by Crippen LogP contribution is 2.26. The molecule has 5 rings (SSSR count). The number of nitrogens with one attached hydrogen (secondary N) is 2. The van der Waals surface area contributed by atoms with Crippen LogP contribution in [0.4, 0.5) is 5.95 Å². The number of rotatable bonds is 7. The first-order valence-corrected chi connectivity index (χ1v) is 11.7. The van der Waals surface area contributed by atoms with Crippen molar-refractivity contribution in [1.82, 2.24) is 24.4 Å². The molecule has 4 aromatic rings. The first kappa shape index (κ1) is 22.2. The third-order valence-electron chi connectivity index (χ3n) is 6.20. The number of fused-ring (bicyclic) bond motifs is 2. The standard InChI is InChI=1S/C25H28N6O3/c1-2-23(32)29-25-27-21-7-5-18(15-22(21)28-25)17-4-6-20-19(14-17)24(33)31(16-26-20)9-3-8-30-10-12-34-13-11-30/h4-7,14-16H,2-3,8-13H2,1H3,(H2,27,28,29,32). The summed E-state index contributed by atoms with van der Waals surface area (Å²) in [5, 5.41) is 3.35. The van der Waals surface area contributed by atoms with Crippen LogP contribution >= 0.6 is 0 Å². The fraction of sp³-hybridized carbons (Fsp3) is 0.360. The van der Waals surface area contributed by atoms with E-state index in [4.69, 9.17) is 4.74 Å². The molecule has 2 aromatic carbocycles. The second kappa shape index (κ2) is 9.74. The normalized spacial score (nSPS) is 14.6. The molecule has 9 heteroatoms. The smallest absolute Gasteiger partial charge is 0.261 e. The zero-order chi connectivity index (χ0) is 23.5. The van der Waals surface area contributed by atoms with Crippen molar-refractivity contribution in [1.29, 1.82) is 0 Å². The van der Waals surface area contributed by atoms with Crippen molar-refractivity contribution >= 4 is 33.8 Å². The van der Waals surface area contributed by atoms with Crippen molar-refractivity contribution in [2.24, 2.45) is 0 Å². The van der Waals surface area contributed by atoms with Crippen molar-refractivity contribution in [3.05, 3.63) is 53.1 Å². The lowest BCUT2D eigenvalue weighted by Crippen LogP contribution is -2.37. The van der Waals surface area contributed by atoms with Crippen molar-refractivity contribution in [2.75, 3.05) is 38.2 Å². The molecule has 1 amide bonds. The number of ether oxygens (including phenoxy) is 1. The summed E-state index contributed by atoms with van der Waals surface area (Å²) in [6.45, 7) is 6.82. The summed E-state index contributed by atoms with van der Waals surface area (Å²) in [5.41, 5.74) is 4.11. The molecule has 0 unspecified atom stereocenters. The number of hydrogen-bond acceptors (Lipinski definition) is 6. The summed E-state index contributed by atoms with van der Waals surface area (Å²) in [7, 11) is 0. The van der Waals surface area contributed by atoms with E-state index in [1.54, 1.807) is 17.8 Å². The molecule has 0 atom stereocenters. The van der Waals surface area contributed by atoms with E-state index < -0.39 is 0 Å². The van der Waals surface area contributed by atoms with Crippen LogP contribution in [0.3, 0.4) is 0 Å². The molecule has 176 valence electrons. The van der Waals surface area contributed by atoms with Crippen molar-refractivity contribution in [3.63, 3.8) is 0 Å². The van der Waals surface area contributed by atoms with Gasteiger partial charge in [-0.2, -0.15) is 0 Å². The Morgan fingerprint density at radius 1 is 1.09 bits per heavy atom. The minimum Gasteiger partial charge on any atom is -0.379 e. The molecular formula is C25H28N6O3. The van der Waals surface area contributed by atoms with Crippen LogP contribution in [-0.4, -0.2) is 63.2 Å². The van der Waals surface area contributed by atoms with Crippen LogP contribution < -0.4 is 10.9 Å². The van der Waals surface area contributed by atoms with Gasteiger partial charge >= 0.3 is 0 Å². The zero-order valence-corrected chi connectivity index (χ0v) is 19.2. The largest absolute Gasteiger partial charge is 0.379 e. The lowest BCUT2D eigenvalue weighted by Gasteiger charge is -2.26. The summed E-state index contributed by atoms with van der Waals surface area (Å²) in [5.74, 6) is 0.337. The van der Waals surface area contributed by atoms with Crippen molar-refractivity contribution in [2.45, 2.75) is 26.3 Å². The number of anilines is 1. The van der Waals surface area contributed by atoms with Gasteiger partial charge in [0.15, 0.2) is 0 Å². The highest BCUT2D eigenvalue weighted by molar-refractivity contribution is 5.92. The fourth-order valence-electron chi connectivity index (χ4n) is 4.26. The van der Waals surface area contributed by atoms with Gasteiger partial charge in [0.2, 0.25) is 11.9 Å². The number of morpholine rings is 1. The number of imidazole rings is 1. The predicted octanol–water partition coefficient (Wildman–Crippen LogP) is 3.01. The Morgan fingerprint density at radius 3 is 2.65 bits per heavy atom. The van der Waals surface area contributed by atoms with Gasteiger partial charge in [-0.3, -0.25) is 24.4 Å². The van der Waals surface area contributed by atoms with Gasteiger partial charge in [-0.05, 0) is 41.8 Å². The average molecular weight is 461 g/mol. The van der Waals surface area contributed by atoms with Crippen LogP contribution in [0.1, 0.15) is 19.8 Å². The quantitative estimate of drug-likeness (QED) is 0.439. The maximum absolute atomic E-state index is 13.2. The lowest BCUT2D eigenvalue weighted by atomic mass is 10.0. The molecule has 3 heterocycles. The predicted molar refractivity (Wildman–Crippen MR) is 132 cm³/mol. The van der Waals surface area contributed by atoms with Crippen LogP contribution in [0.2, 0.25) is 0 Å². The fourth-order valence-corrected chi connectivity index (χ4v) is 4.26. The van der Waals surface area contributed by atoms with E-state index in [-0.39, 0.29) is 11.5 Å². The topological polar surface area (TPSA) is 105 Å². The van der Waals surface area contributed by atoms with Gasteiger partial charge in [0.05, 0.1) is 41.5 Å². The summed E-state index contributed by atoms with van der Waals surface area (Å²) in [6.07, 6.45) is 2.92. The number of benzene rings is 2. The van der Waals surface area contributed by atoms with Gasteiger partial charge in [0.25, 0.3) is 5.56 Å². The van der Waals surface area contributed by atoms with Crippen LogP contribution in [0.5, 0.6) is 0 Å². The van der Waals surface area contributed by atoms with Crippen molar-refractivity contribution in [3.8, 4) is 11.1 Å². The van der Waals surface area contributed by atoms with Gasteiger partial charge in [0.1, 0.15) is 0 Å². The molecule has 0 bridgehead atoms. The van der Waals surface area contributed by atoms with Gasteiger partial charge in [-0.1, -0.05) is 19.1 Å². The Hall–Kier alpha value is -3.56. The second-order valence-corrected chi connectivity index (χ2v) is 8.50. The van der Waals surface area contributed by atoms with Gasteiger partial charge < -0.3 is 9.72 Å². The lowest BCUT2D eigenvalue weighted by molar-refractivity contribution is -0.115. The molecule has 0 radical (unpaired) electrons. The molecule has 1 aliphatic rings. The highest BCUT2D eigenvalue weighted by atomic mass is 16.5. The summed E-state index contributed by atoms with van der Waals surface area (Å²) in [4.78, 5) is 39.3. The van der Waals surface area contributed by atoms with Gasteiger partial charge in [-0.15, -0.1) is 0 Å². The van der Waals surface area contributed by atoms with Crippen LogP contribution in [0, 0.1) is 0 Å². The number of H-pyrrole nitrogens is 1. The number of carbonyl (C=O) groups excluding carboxylic acids is 1. The molecule has 0 saturated carbocycles. The molecule has 1 aliphatic heterocycles. The third kappa shape index (κ3) is 4.71. The Kier molecular flexibility index (Phi) is 6.37. The first-order chi connectivity index (χ1) is 16.6. The Morgan fingerprint density at radius 2 is 1.85 bits per heavy atom. The molecule has 34 heavy (non-hydrogen) atoms. The average Bonchev–Trinajstić information content (AvgIpc) is 3.27. The number of carbonyl (C=O) groups is 1. The molecule has 2 N–H and O–H groups in total.